The highest BCUT2D eigenvalue weighted by Crippen LogP contribution is 2.34. The zero-order chi connectivity index (χ0) is 12.2. The summed E-state index contributed by atoms with van der Waals surface area (Å²) in [6.45, 7) is 1.76. The molecule has 1 aromatic carbocycles. The van der Waals surface area contributed by atoms with Gasteiger partial charge in [0, 0.05) is 4.88 Å². The van der Waals surface area contributed by atoms with Crippen LogP contribution in [0.25, 0.3) is 0 Å². The Hall–Kier alpha value is -1.26. The van der Waals surface area contributed by atoms with Gasteiger partial charge in [-0.25, -0.2) is 0 Å². The highest BCUT2D eigenvalue weighted by Gasteiger charge is 2.20. The van der Waals surface area contributed by atoms with Crippen LogP contribution in [0, 0.1) is 0 Å². The zero-order valence-corrected chi connectivity index (χ0v) is 11.5. The van der Waals surface area contributed by atoms with E-state index in [1.54, 1.807) is 11.3 Å². The third-order valence-electron chi connectivity index (χ3n) is 2.82. The lowest BCUT2D eigenvalue weighted by Gasteiger charge is -2.08. The van der Waals surface area contributed by atoms with Crippen LogP contribution in [0.15, 0.2) is 52.8 Å². The number of amidine groups is 1. The van der Waals surface area contributed by atoms with E-state index in [0.717, 1.165) is 18.3 Å². The molecule has 1 aliphatic rings. The Labute approximate surface area is 115 Å². The van der Waals surface area contributed by atoms with E-state index >= 15 is 0 Å². The average molecular weight is 274 g/mol. The van der Waals surface area contributed by atoms with E-state index in [1.807, 2.05) is 11.8 Å². The van der Waals surface area contributed by atoms with Crippen molar-refractivity contribution in [1.29, 1.82) is 0 Å². The number of thioether (sulfide) groups is 1. The average Bonchev–Trinajstić information content (AvgIpc) is 3.09. The summed E-state index contributed by atoms with van der Waals surface area (Å²) in [7, 11) is 0. The van der Waals surface area contributed by atoms with E-state index in [0.29, 0.717) is 5.25 Å². The van der Waals surface area contributed by atoms with Crippen LogP contribution in [0.3, 0.4) is 0 Å². The molecule has 1 aromatic heterocycles. The summed E-state index contributed by atoms with van der Waals surface area (Å²) < 4.78 is 0. The van der Waals surface area contributed by atoms with Gasteiger partial charge in [-0.3, -0.25) is 4.99 Å². The molecule has 0 saturated carbocycles. The zero-order valence-electron chi connectivity index (χ0n) is 9.87. The van der Waals surface area contributed by atoms with Gasteiger partial charge in [0.15, 0.2) is 5.17 Å². The molecule has 0 spiro atoms. The molecule has 0 bridgehead atoms. The second-order valence-corrected chi connectivity index (χ2v) is 6.32. The minimum Gasteiger partial charge on any atom is -0.360 e. The molecular formula is C14H14N2S2. The molecule has 2 aromatic rings. The smallest absolute Gasteiger partial charge is 0.157 e. The molecule has 1 N–H and O–H groups in total. The molecule has 0 fully saturated rings. The van der Waals surface area contributed by atoms with Crippen LogP contribution in [0.4, 0.5) is 0 Å². The summed E-state index contributed by atoms with van der Waals surface area (Å²) in [4.78, 5) is 5.91. The van der Waals surface area contributed by atoms with Crippen molar-refractivity contribution in [2.24, 2.45) is 4.99 Å². The maximum atomic E-state index is 4.57. The molecule has 92 valence electrons. The van der Waals surface area contributed by atoms with Crippen LogP contribution < -0.4 is 5.32 Å². The van der Waals surface area contributed by atoms with E-state index in [-0.39, 0.29) is 0 Å². The number of aliphatic imine (C=N–C) groups is 1. The molecular weight excluding hydrogens is 260 g/mol. The molecule has 4 heteroatoms. The summed E-state index contributed by atoms with van der Waals surface area (Å²) in [6.07, 6.45) is 0. The van der Waals surface area contributed by atoms with Crippen LogP contribution in [-0.4, -0.2) is 11.7 Å². The van der Waals surface area contributed by atoms with Crippen molar-refractivity contribution in [1.82, 2.24) is 5.32 Å². The topological polar surface area (TPSA) is 24.4 Å². The van der Waals surface area contributed by atoms with Gasteiger partial charge in [-0.1, -0.05) is 48.2 Å². The molecule has 3 rings (SSSR count). The number of hydrogen-bond acceptors (Lipinski definition) is 4. The number of rotatable bonds is 3. The molecule has 0 aliphatic carbocycles. The summed E-state index contributed by atoms with van der Waals surface area (Å²) >= 11 is 3.61. The fourth-order valence-corrected chi connectivity index (χ4v) is 3.55. The van der Waals surface area contributed by atoms with Crippen molar-refractivity contribution in [3.63, 3.8) is 0 Å². The Morgan fingerprint density at radius 1 is 1.17 bits per heavy atom. The first-order valence-electron chi connectivity index (χ1n) is 5.94. The highest BCUT2D eigenvalue weighted by atomic mass is 32.2. The van der Waals surface area contributed by atoms with Gasteiger partial charge < -0.3 is 5.32 Å². The van der Waals surface area contributed by atoms with Crippen LogP contribution >= 0.6 is 23.1 Å². The lowest BCUT2D eigenvalue weighted by Crippen LogP contribution is -2.17. The minimum atomic E-state index is 0.469. The first-order valence-corrected chi connectivity index (χ1v) is 7.70. The van der Waals surface area contributed by atoms with Gasteiger partial charge in [-0.15, -0.1) is 11.3 Å². The number of benzene rings is 1. The fourth-order valence-electron chi connectivity index (χ4n) is 1.89. The van der Waals surface area contributed by atoms with Crippen LogP contribution in [0.2, 0.25) is 0 Å². The molecule has 0 radical (unpaired) electrons. The second-order valence-electron chi connectivity index (χ2n) is 4.10. The summed E-state index contributed by atoms with van der Waals surface area (Å²) in [6, 6.07) is 14.8. The normalized spacial score (nSPS) is 18.7. The van der Waals surface area contributed by atoms with Crippen LogP contribution in [0.1, 0.15) is 15.7 Å². The van der Waals surface area contributed by atoms with Crippen molar-refractivity contribution in [2.75, 3.05) is 6.54 Å². The van der Waals surface area contributed by atoms with Gasteiger partial charge in [0.1, 0.15) is 0 Å². The van der Waals surface area contributed by atoms with Gasteiger partial charge >= 0.3 is 0 Å². The van der Waals surface area contributed by atoms with Crippen molar-refractivity contribution >= 4 is 28.3 Å². The van der Waals surface area contributed by atoms with E-state index in [1.165, 1.54) is 10.4 Å². The molecule has 1 atom stereocenters. The van der Waals surface area contributed by atoms with E-state index in [4.69, 9.17) is 0 Å². The first kappa shape index (κ1) is 11.8. The second kappa shape index (κ2) is 5.59. The number of thiophene rings is 1. The molecule has 0 amide bonds. The summed E-state index contributed by atoms with van der Waals surface area (Å²) in [5.74, 6) is 0. The van der Waals surface area contributed by atoms with Gasteiger partial charge in [-0.05, 0) is 17.0 Å². The Balaban J connectivity index is 1.55. The molecule has 0 saturated heterocycles. The summed E-state index contributed by atoms with van der Waals surface area (Å²) in [5, 5.41) is 7.05. The van der Waals surface area contributed by atoms with Gasteiger partial charge in [0.2, 0.25) is 0 Å². The number of nitrogens with zero attached hydrogens (tertiary/aromatic N) is 1. The van der Waals surface area contributed by atoms with E-state index in [2.05, 4.69) is 58.2 Å². The quantitative estimate of drug-likeness (QED) is 0.923. The van der Waals surface area contributed by atoms with Gasteiger partial charge in [0.25, 0.3) is 0 Å². The van der Waals surface area contributed by atoms with Gasteiger partial charge in [0.05, 0.1) is 18.3 Å². The lowest BCUT2D eigenvalue weighted by atomic mass is 10.1. The molecule has 1 unspecified atom stereocenters. The van der Waals surface area contributed by atoms with E-state index in [9.17, 15) is 0 Å². The van der Waals surface area contributed by atoms with Crippen molar-refractivity contribution in [2.45, 2.75) is 11.8 Å². The first-order chi connectivity index (χ1) is 8.92. The fraction of sp³-hybridized carbons (Fsp3) is 0.214. The maximum absolute atomic E-state index is 4.57. The largest absolute Gasteiger partial charge is 0.360 e. The van der Waals surface area contributed by atoms with Crippen molar-refractivity contribution in [3.05, 3.63) is 58.3 Å². The Morgan fingerprint density at radius 2 is 2.06 bits per heavy atom. The predicted octanol–water partition coefficient (Wildman–Crippen LogP) is 3.68. The minimum absolute atomic E-state index is 0.469. The van der Waals surface area contributed by atoms with Crippen LogP contribution in [0.5, 0.6) is 0 Å². The Bertz CT molecular complexity index is 520. The van der Waals surface area contributed by atoms with Crippen molar-refractivity contribution in [3.8, 4) is 0 Å². The highest BCUT2D eigenvalue weighted by molar-refractivity contribution is 8.14. The molecule has 18 heavy (non-hydrogen) atoms. The predicted molar refractivity (Wildman–Crippen MR) is 80.2 cm³/mol. The van der Waals surface area contributed by atoms with E-state index < -0.39 is 0 Å². The third kappa shape index (κ3) is 2.76. The van der Waals surface area contributed by atoms with Crippen LogP contribution in [-0.2, 0) is 6.54 Å². The SMILES string of the molecule is c1ccc(C2CN=C(NCc3cccs3)S2)cc1. The standard InChI is InChI=1S/C14H14N2S2/c1-2-5-11(6-3-1)13-10-16-14(18-13)15-9-12-7-4-8-17-12/h1-8,13H,9-10H2,(H,15,16). The maximum Gasteiger partial charge on any atom is 0.157 e. The monoisotopic (exact) mass is 274 g/mol. The summed E-state index contributed by atoms with van der Waals surface area (Å²) in [5.41, 5.74) is 1.36. The Morgan fingerprint density at radius 3 is 2.83 bits per heavy atom. The molecule has 2 heterocycles. The van der Waals surface area contributed by atoms with Gasteiger partial charge in [-0.2, -0.15) is 0 Å². The number of nitrogens with one attached hydrogen (secondary N) is 1. The molecule has 2 nitrogen and oxygen atoms in total. The lowest BCUT2D eigenvalue weighted by molar-refractivity contribution is 0.925. The number of hydrogen-bond donors (Lipinski definition) is 1. The third-order valence-corrected chi connectivity index (χ3v) is 4.90. The Kier molecular flexibility index (Phi) is 3.67. The van der Waals surface area contributed by atoms with Crippen molar-refractivity contribution < 1.29 is 0 Å². The molecule has 1 aliphatic heterocycles.